The molecule has 46 heavy (non-hydrogen) atoms. The summed E-state index contributed by atoms with van der Waals surface area (Å²) in [5.41, 5.74) is 6.08. The van der Waals surface area contributed by atoms with E-state index in [1.54, 1.807) is 0 Å². The van der Waals surface area contributed by atoms with E-state index in [-0.39, 0.29) is 48.7 Å². The lowest BCUT2D eigenvalue weighted by Crippen LogP contribution is -2.03. The van der Waals surface area contributed by atoms with Crippen molar-refractivity contribution < 1.29 is 58.6 Å². The summed E-state index contributed by atoms with van der Waals surface area (Å²) in [6, 6.07) is 0. The average molecular weight is 641 g/mol. The normalized spacial score (nSPS) is 13.7. The first-order valence-corrected chi connectivity index (χ1v) is 14.6. The first kappa shape index (κ1) is 35.5. The molecule has 0 aliphatic carbocycles. The smallest absolute Gasteiger partial charge is 0.342 e. The van der Waals surface area contributed by atoms with Crippen LogP contribution in [0.3, 0.4) is 0 Å². The highest BCUT2D eigenvalue weighted by molar-refractivity contribution is 5.98. The Kier molecular flexibility index (Phi) is 11.8. The Labute approximate surface area is 266 Å². The second-order valence-corrected chi connectivity index (χ2v) is 11.1. The first-order valence-electron chi connectivity index (χ1n) is 14.6. The fraction of sp³-hybridized carbons (Fsp3) is 0.412. The van der Waals surface area contributed by atoms with Crippen LogP contribution in [0.2, 0.25) is 0 Å². The van der Waals surface area contributed by atoms with E-state index in [4.69, 9.17) is 29.2 Å². The van der Waals surface area contributed by atoms with Crippen LogP contribution in [0.1, 0.15) is 93.6 Å². The summed E-state index contributed by atoms with van der Waals surface area (Å²) in [7, 11) is 3.02. The van der Waals surface area contributed by atoms with Crippen LogP contribution < -0.4 is 9.47 Å². The number of carboxylic acid groups (broad SMARTS) is 2. The summed E-state index contributed by atoms with van der Waals surface area (Å²) in [5, 5.41) is 38.3. The molecule has 248 valence electrons. The minimum absolute atomic E-state index is 0.0565. The Balaban J connectivity index is 0.000000250. The van der Waals surface area contributed by atoms with Crippen molar-refractivity contribution in [1.29, 1.82) is 0 Å². The number of aliphatic carboxylic acids is 2. The number of cyclic esters (lactones) is 2. The van der Waals surface area contributed by atoms with Crippen LogP contribution in [0.15, 0.2) is 23.3 Å². The van der Waals surface area contributed by atoms with Gasteiger partial charge in [0.2, 0.25) is 0 Å². The van der Waals surface area contributed by atoms with E-state index in [9.17, 15) is 29.4 Å². The molecule has 12 nitrogen and oxygen atoms in total. The minimum atomic E-state index is -0.853. The van der Waals surface area contributed by atoms with E-state index < -0.39 is 23.9 Å². The van der Waals surface area contributed by atoms with Gasteiger partial charge >= 0.3 is 23.9 Å². The van der Waals surface area contributed by atoms with Gasteiger partial charge in [-0.1, -0.05) is 23.3 Å². The van der Waals surface area contributed by atoms with Gasteiger partial charge in [-0.05, 0) is 64.5 Å². The van der Waals surface area contributed by atoms with Crippen molar-refractivity contribution in [3.05, 3.63) is 67.8 Å². The number of carbonyl (C=O) groups is 4. The van der Waals surface area contributed by atoms with Crippen molar-refractivity contribution in [2.24, 2.45) is 0 Å². The number of aromatic hydroxyl groups is 2. The van der Waals surface area contributed by atoms with Crippen molar-refractivity contribution in [3.8, 4) is 23.0 Å². The van der Waals surface area contributed by atoms with Gasteiger partial charge in [-0.25, -0.2) is 9.59 Å². The van der Waals surface area contributed by atoms with Gasteiger partial charge in [-0.15, -0.1) is 0 Å². The molecule has 12 heteroatoms. The summed E-state index contributed by atoms with van der Waals surface area (Å²) in [4.78, 5) is 44.8. The van der Waals surface area contributed by atoms with Crippen molar-refractivity contribution in [2.45, 2.75) is 79.4 Å². The molecule has 2 heterocycles. The molecule has 0 atom stereocenters. The van der Waals surface area contributed by atoms with Gasteiger partial charge < -0.3 is 39.4 Å². The van der Waals surface area contributed by atoms with Crippen LogP contribution in [-0.4, -0.2) is 58.5 Å². The molecule has 2 aromatic carbocycles. The van der Waals surface area contributed by atoms with Crippen LogP contribution in [-0.2, 0) is 45.1 Å². The quantitative estimate of drug-likeness (QED) is 0.170. The van der Waals surface area contributed by atoms with Crippen molar-refractivity contribution in [1.82, 2.24) is 0 Å². The Morgan fingerprint density at radius 1 is 0.696 bits per heavy atom. The third-order valence-corrected chi connectivity index (χ3v) is 8.07. The number of phenolic OH excluding ortho intramolecular Hbond substituents is 2. The topological polar surface area (TPSA) is 186 Å². The SMILES string of the molecule is COc1c(C)c2c(c(O)c1C/C=C(\C)CCC(=O)O)C(=O)OC2.COc1c(C)c2c(c(O)c1C/C=C(\C)CCC(=O)O)C(=O)OC2. The van der Waals surface area contributed by atoms with E-state index in [1.165, 1.54) is 14.2 Å². The van der Waals surface area contributed by atoms with E-state index in [0.29, 0.717) is 59.4 Å². The zero-order valence-corrected chi connectivity index (χ0v) is 26.9. The lowest BCUT2D eigenvalue weighted by Gasteiger charge is -2.15. The number of esters is 2. The molecule has 0 saturated carbocycles. The molecule has 0 amide bonds. The number of methoxy groups -OCH3 is 2. The number of rotatable bonds is 12. The van der Waals surface area contributed by atoms with Gasteiger partial charge in [-0.3, -0.25) is 9.59 Å². The number of hydrogen-bond acceptors (Lipinski definition) is 10. The molecule has 0 radical (unpaired) electrons. The van der Waals surface area contributed by atoms with E-state index in [2.05, 4.69) is 0 Å². The molecule has 0 unspecified atom stereocenters. The maximum atomic E-state index is 11.8. The highest BCUT2D eigenvalue weighted by Crippen LogP contribution is 2.43. The predicted molar refractivity (Wildman–Crippen MR) is 166 cm³/mol. The number of carbonyl (C=O) groups excluding carboxylic acids is 2. The second kappa shape index (κ2) is 15.3. The molecule has 0 bridgehead atoms. The van der Waals surface area contributed by atoms with Gasteiger partial charge in [0, 0.05) is 35.1 Å². The molecular weight excluding hydrogens is 600 g/mol. The molecule has 2 aromatic rings. The zero-order valence-electron chi connectivity index (χ0n) is 26.9. The van der Waals surface area contributed by atoms with Gasteiger partial charge in [0.25, 0.3) is 0 Å². The van der Waals surface area contributed by atoms with E-state index >= 15 is 0 Å². The van der Waals surface area contributed by atoms with Crippen LogP contribution in [0.5, 0.6) is 23.0 Å². The summed E-state index contributed by atoms with van der Waals surface area (Å²) in [6.45, 7) is 7.59. The number of allylic oxidation sites excluding steroid dienone is 4. The predicted octanol–water partition coefficient (Wildman–Crippen LogP) is 5.47. The maximum absolute atomic E-state index is 11.8. The number of phenols is 2. The Bertz CT molecular complexity index is 1490. The second-order valence-electron chi connectivity index (χ2n) is 11.1. The van der Waals surface area contributed by atoms with E-state index in [0.717, 1.165) is 22.3 Å². The van der Waals surface area contributed by atoms with Crippen LogP contribution >= 0.6 is 0 Å². The van der Waals surface area contributed by atoms with Crippen molar-refractivity contribution in [3.63, 3.8) is 0 Å². The van der Waals surface area contributed by atoms with Crippen LogP contribution in [0.25, 0.3) is 0 Å². The minimum Gasteiger partial charge on any atom is -0.507 e. The van der Waals surface area contributed by atoms with Gasteiger partial charge in [0.15, 0.2) is 0 Å². The van der Waals surface area contributed by atoms with E-state index in [1.807, 2.05) is 39.8 Å². The number of hydrogen-bond donors (Lipinski definition) is 4. The molecule has 0 aromatic heterocycles. The first-order chi connectivity index (χ1) is 21.7. The summed E-state index contributed by atoms with van der Waals surface area (Å²) < 4.78 is 20.8. The standard InChI is InChI=1S/2C17H20O6/c2*1-9(5-7-13(18)19)4-6-11-15(20)14-12(8-23-17(14)21)10(2)16(11)22-3/h2*4,20H,5-8H2,1-3H3,(H,18,19)/b2*9-4+. The summed E-state index contributed by atoms with van der Waals surface area (Å²) >= 11 is 0. The Morgan fingerprint density at radius 2 is 1.04 bits per heavy atom. The molecule has 4 rings (SSSR count). The molecule has 4 N–H and O–H groups in total. The largest absolute Gasteiger partial charge is 0.507 e. The molecule has 2 aliphatic heterocycles. The highest BCUT2D eigenvalue weighted by Gasteiger charge is 2.33. The van der Waals surface area contributed by atoms with Crippen molar-refractivity contribution >= 4 is 23.9 Å². The molecule has 0 spiro atoms. The summed E-state index contributed by atoms with van der Waals surface area (Å²) in [6.07, 6.45) is 5.36. The molecule has 0 saturated heterocycles. The Morgan fingerprint density at radius 3 is 1.35 bits per heavy atom. The number of benzene rings is 2. The molecular formula is C34H40O12. The van der Waals surface area contributed by atoms with Gasteiger partial charge in [0.05, 0.1) is 14.2 Å². The monoisotopic (exact) mass is 640 g/mol. The maximum Gasteiger partial charge on any atom is 0.342 e. The van der Waals surface area contributed by atoms with Crippen LogP contribution in [0, 0.1) is 13.8 Å². The fourth-order valence-corrected chi connectivity index (χ4v) is 5.42. The van der Waals surface area contributed by atoms with Gasteiger partial charge in [0.1, 0.15) is 47.3 Å². The Hall–Kier alpha value is -5.00. The third kappa shape index (κ3) is 7.79. The summed E-state index contributed by atoms with van der Waals surface area (Å²) in [5.74, 6) is -1.95. The number of fused-ring (bicyclic) bond motifs is 2. The van der Waals surface area contributed by atoms with Crippen LogP contribution in [0.4, 0.5) is 0 Å². The molecule has 0 fully saturated rings. The molecule has 2 aliphatic rings. The highest BCUT2D eigenvalue weighted by atomic mass is 16.5. The fourth-order valence-electron chi connectivity index (χ4n) is 5.42. The van der Waals surface area contributed by atoms with Gasteiger partial charge in [-0.2, -0.15) is 0 Å². The third-order valence-electron chi connectivity index (χ3n) is 8.07. The van der Waals surface area contributed by atoms with Crippen molar-refractivity contribution in [2.75, 3.05) is 14.2 Å². The lowest BCUT2D eigenvalue weighted by molar-refractivity contribution is -0.138. The number of carboxylic acids is 2. The lowest BCUT2D eigenvalue weighted by atomic mass is 9.94. The number of ether oxygens (including phenoxy) is 4. The average Bonchev–Trinajstić information content (AvgIpc) is 3.60. The zero-order chi connectivity index (χ0) is 34.3.